The van der Waals surface area contributed by atoms with Gasteiger partial charge in [0.15, 0.2) is 0 Å². The lowest BCUT2D eigenvalue weighted by atomic mass is 10.1. The van der Waals surface area contributed by atoms with Crippen molar-refractivity contribution >= 4 is 5.91 Å². The number of aliphatic hydroxyl groups is 1. The molecule has 1 rings (SSSR count). The fraction of sp³-hybridized carbons (Fsp3) is 0.500. The molecule has 0 radical (unpaired) electrons. The fourth-order valence-electron chi connectivity index (χ4n) is 1.66. The molecule has 5 heteroatoms. The Kier molecular flexibility index (Phi) is 6.74. The zero-order chi connectivity index (χ0) is 14.1. The van der Waals surface area contributed by atoms with Crippen LogP contribution in [0.5, 0.6) is 11.5 Å². The smallest absolute Gasteiger partial charge is 0.220 e. The Morgan fingerprint density at radius 2 is 1.84 bits per heavy atom. The Morgan fingerprint density at radius 1 is 1.21 bits per heavy atom. The van der Waals surface area contributed by atoms with Crippen LogP contribution < -0.4 is 14.8 Å². The van der Waals surface area contributed by atoms with Gasteiger partial charge < -0.3 is 19.9 Å². The maximum absolute atomic E-state index is 11.5. The number of hydrogen-bond donors (Lipinski definition) is 2. The van der Waals surface area contributed by atoms with Gasteiger partial charge in [0.2, 0.25) is 5.91 Å². The fourth-order valence-corrected chi connectivity index (χ4v) is 1.66. The highest BCUT2D eigenvalue weighted by Gasteiger charge is 2.05. The molecule has 0 spiro atoms. The van der Waals surface area contributed by atoms with Crippen LogP contribution in [0.15, 0.2) is 18.2 Å². The number of methoxy groups -OCH3 is 2. The number of benzene rings is 1. The summed E-state index contributed by atoms with van der Waals surface area (Å²) in [6.45, 7) is 0.601. The Bertz CT molecular complexity index is 384. The Balaban J connectivity index is 2.50. The number of ether oxygens (including phenoxy) is 2. The topological polar surface area (TPSA) is 67.8 Å². The second kappa shape index (κ2) is 8.37. The molecule has 1 aromatic carbocycles. The summed E-state index contributed by atoms with van der Waals surface area (Å²) >= 11 is 0. The zero-order valence-corrected chi connectivity index (χ0v) is 11.4. The van der Waals surface area contributed by atoms with E-state index in [4.69, 9.17) is 14.6 Å². The number of hydrogen-bond acceptors (Lipinski definition) is 4. The van der Waals surface area contributed by atoms with Gasteiger partial charge in [-0.1, -0.05) is 0 Å². The molecule has 1 amide bonds. The number of amides is 1. The normalized spacial score (nSPS) is 10.1. The Labute approximate surface area is 113 Å². The first kappa shape index (κ1) is 15.3. The molecule has 0 heterocycles. The van der Waals surface area contributed by atoms with Gasteiger partial charge in [-0.25, -0.2) is 0 Å². The van der Waals surface area contributed by atoms with E-state index in [2.05, 4.69) is 5.32 Å². The summed E-state index contributed by atoms with van der Waals surface area (Å²) in [7, 11) is 3.19. The summed E-state index contributed by atoms with van der Waals surface area (Å²) in [4.78, 5) is 11.5. The lowest BCUT2D eigenvalue weighted by Crippen LogP contribution is -2.25. The highest BCUT2D eigenvalue weighted by atomic mass is 16.5. The van der Waals surface area contributed by atoms with Gasteiger partial charge in [-0.15, -0.1) is 0 Å². The van der Waals surface area contributed by atoms with E-state index in [1.807, 2.05) is 12.1 Å². The standard InChI is InChI=1S/C14H21NO4/c1-18-12-8-11(9-13(10-12)19-2)4-5-14(17)15-6-3-7-16/h8-10,16H,3-7H2,1-2H3,(H,15,17). The first-order valence-corrected chi connectivity index (χ1v) is 6.29. The SMILES string of the molecule is COc1cc(CCC(=O)NCCCO)cc(OC)c1. The van der Waals surface area contributed by atoms with Crippen molar-refractivity contribution in [2.75, 3.05) is 27.4 Å². The summed E-state index contributed by atoms with van der Waals surface area (Å²) in [6.07, 6.45) is 1.61. The molecule has 0 atom stereocenters. The molecule has 0 saturated heterocycles. The summed E-state index contributed by atoms with van der Waals surface area (Å²) < 4.78 is 10.4. The lowest BCUT2D eigenvalue weighted by molar-refractivity contribution is -0.121. The molecule has 2 N–H and O–H groups in total. The summed E-state index contributed by atoms with van der Waals surface area (Å²) in [5.74, 6) is 1.42. The van der Waals surface area contributed by atoms with Gasteiger partial charge in [0.25, 0.3) is 0 Å². The molecule has 0 unspecified atom stereocenters. The molecule has 19 heavy (non-hydrogen) atoms. The average Bonchev–Trinajstić information content (AvgIpc) is 2.45. The molecular weight excluding hydrogens is 246 g/mol. The Morgan fingerprint density at radius 3 is 2.37 bits per heavy atom. The van der Waals surface area contributed by atoms with Gasteiger partial charge in [-0.05, 0) is 30.5 Å². The molecule has 0 aliphatic carbocycles. The number of carbonyl (C=O) groups excluding carboxylic acids is 1. The van der Waals surface area contributed by atoms with Gasteiger partial charge in [-0.2, -0.15) is 0 Å². The summed E-state index contributed by atoms with van der Waals surface area (Å²) in [5.41, 5.74) is 0.994. The van der Waals surface area contributed by atoms with Crippen LogP contribution in [0.2, 0.25) is 0 Å². The number of rotatable bonds is 8. The zero-order valence-electron chi connectivity index (χ0n) is 11.4. The molecule has 0 fully saturated rings. The largest absolute Gasteiger partial charge is 0.497 e. The predicted octanol–water partition coefficient (Wildman–Crippen LogP) is 1.13. The molecule has 106 valence electrons. The molecule has 5 nitrogen and oxygen atoms in total. The predicted molar refractivity (Wildman–Crippen MR) is 72.6 cm³/mol. The lowest BCUT2D eigenvalue weighted by Gasteiger charge is -2.08. The minimum absolute atomic E-state index is 0.0183. The molecule has 0 saturated carbocycles. The molecular formula is C14H21NO4. The van der Waals surface area contributed by atoms with Crippen LogP contribution in [0.1, 0.15) is 18.4 Å². The number of aliphatic hydroxyl groups excluding tert-OH is 1. The van der Waals surface area contributed by atoms with Crippen LogP contribution in [0.3, 0.4) is 0 Å². The number of nitrogens with one attached hydrogen (secondary N) is 1. The maximum atomic E-state index is 11.5. The van der Waals surface area contributed by atoms with Crippen molar-refractivity contribution < 1.29 is 19.4 Å². The molecule has 0 aromatic heterocycles. The average molecular weight is 267 g/mol. The van der Waals surface area contributed by atoms with Gasteiger partial charge >= 0.3 is 0 Å². The molecule has 0 aliphatic rings. The van der Waals surface area contributed by atoms with Gasteiger partial charge in [0, 0.05) is 25.6 Å². The van der Waals surface area contributed by atoms with E-state index in [1.54, 1.807) is 20.3 Å². The van der Waals surface area contributed by atoms with E-state index in [0.29, 0.717) is 25.8 Å². The van der Waals surface area contributed by atoms with Crippen LogP contribution in [-0.2, 0) is 11.2 Å². The number of carbonyl (C=O) groups is 1. The maximum Gasteiger partial charge on any atom is 0.220 e. The van der Waals surface area contributed by atoms with E-state index in [9.17, 15) is 4.79 Å². The van der Waals surface area contributed by atoms with E-state index in [0.717, 1.165) is 17.1 Å². The second-order valence-corrected chi connectivity index (χ2v) is 4.15. The monoisotopic (exact) mass is 267 g/mol. The van der Waals surface area contributed by atoms with Crippen LogP contribution in [0, 0.1) is 0 Å². The highest BCUT2D eigenvalue weighted by molar-refractivity contribution is 5.76. The molecule has 0 aliphatic heterocycles. The number of aryl methyl sites for hydroxylation is 1. The minimum Gasteiger partial charge on any atom is -0.497 e. The second-order valence-electron chi connectivity index (χ2n) is 4.15. The van der Waals surface area contributed by atoms with E-state index < -0.39 is 0 Å². The van der Waals surface area contributed by atoms with Crippen molar-refractivity contribution in [3.8, 4) is 11.5 Å². The van der Waals surface area contributed by atoms with Crippen LogP contribution in [0.25, 0.3) is 0 Å². The van der Waals surface area contributed by atoms with E-state index >= 15 is 0 Å². The van der Waals surface area contributed by atoms with E-state index in [-0.39, 0.29) is 12.5 Å². The van der Waals surface area contributed by atoms with Crippen molar-refractivity contribution in [2.24, 2.45) is 0 Å². The minimum atomic E-state index is -0.0183. The van der Waals surface area contributed by atoms with Crippen molar-refractivity contribution in [3.05, 3.63) is 23.8 Å². The quantitative estimate of drug-likeness (QED) is 0.693. The molecule has 1 aromatic rings. The highest BCUT2D eigenvalue weighted by Crippen LogP contribution is 2.23. The van der Waals surface area contributed by atoms with Gasteiger partial charge in [0.05, 0.1) is 14.2 Å². The first-order chi connectivity index (χ1) is 9.19. The first-order valence-electron chi connectivity index (χ1n) is 6.29. The van der Waals surface area contributed by atoms with E-state index in [1.165, 1.54) is 0 Å². The van der Waals surface area contributed by atoms with Crippen LogP contribution in [0.4, 0.5) is 0 Å². The third-order valence-electron chi connectivity index (χ3n) is 2.71. The third-order valence-corrected chi connectivity index (χ3v) is 2.71. The van der Waals surface area contributed by atoms with Gasteiger partial charge in [-0.3, -0.25) is 4.79 Å². The van der Waals surface area contributed by atoms with Crippen LogP contribution in [-0.4, -0.2) is 38.4 Å². The van der Waals surface area contributed by atoms with Crippen LogP contribution >= 0.6 is 0 Å². The summed E-state index contributed by atoms with van der Waals surface area (Å²) in [6, 6.07) is 5.58. The van der Waals surface area contributed by atoms with Crippen molar-refractivity contribution in [2.45, 2.75) is 19.3 Å². The third kappa shape index (κ3) is 5.61. The summed E-state index contributed by atoms with van der Waals surface area (Å²) in [5, 5.41) is 11.4. The molecule has 0 bridgehead atoms. The van der Waals surface area contributed by atoms with Crippen molar-refractivity contribution in [1.82, 2.24) is 5.32 Å². The Hall–Kier alpha value is -1.75. The van der Waals surface area contributed by atoms with Gasteiger partial charge in [0.1, 0.15) is 11.5 Å². The van der Waals surface area contributed by atoms with Crippen molar-refractivity contribution in [3.63, 3.8) is 0 Å². The van der Waals surface area contributed by atoms with Crippen molar-refractivity contribution in [1.29, 1.82) is 0 Å².